The van der Waals surface area contributed by atoms with Gasteiger partial charge < -0.3 is 14.9 Å². The highest BCUT2D eigenvalue weighted by atomic mass is 16.5. The van der Waals surface area contributed by atoms with Crippen LogP contribution in [0.4, 0.5) is 0 Å². The molecule has 1 aliphatic rings. The second-order valence-corrected chi connectivity index (χ2v) is 6.51. The van der Waals surface area contributed by atoms with Crippen molar-refractivity contribution in [3.63, 3.8) is 0 Å². The molecule has 1 atom stereocenters. The summed E-state index contributed by atoms with van der Waals surface area (Å²) < 4.78 is 13.1. The van der Waals surface area contributed by atoms with Gasteiger partial charge in [-0.05, 0) is 31.0 Å². The molecule has 1 aromatic carbocycles. The van der Waals surface area contributed by atoms with Gasteiger partial charge in [0, 0.05) is 19.0 Å². The molecule has 0 spiro atoms. The molecule has 2 N–H and O–H groups in total. The van der Waals surface area contributed by atoms with Crippen molar-refractivity contribution in [3.05, 3.63) is 58.4 Å². The molecular formula is C20H20N6O2. The smallest absolute Gasteiger partial charge is 0.247 e. The number of ether oxygens (including phenoxy) is 1. The lowest BCUT2D eigenvalue weighted by atomic mass is 9.83. The maximum absolute atomic E-state index is 9.75. The minimum Gasteiger partial charge on any atom is -0.422 e. The number of rotatable bonds is 4. The molecule has 0 bridgehead atoms. The van der Waals surface area contributed by atoms with Gasteiger partial charge in [-0.3, -0.25) is 0 Å². The molecule has 4 rings (SSSR count). The number of hydrogen-bond acceptors (Lipinski definition) is 7. The van der Waals surface area contributed by atoms with Crippen LogP contribution >= 0.6 is 0 Å². The van der Waals surface area contributed by atoms with Crippen molar-refractivity contribution < 1.29 is 9.15 Å². The second kappa shape index (κ2) is 6.85. The Morgan fingerprint density at radius 2 is 1.96 bits per heavy atom. The molecule has 0 aliphatic carbocycles. The van der Waals surface area contributed by atoms with E-state index in [1.54, 1.807) is 11.6 Å². The summed E-state index contributed by atoms with van der Waals surface area (Å²) in [6, 6.07) is 9.92. The standard InChI is InChI=1S/C20H20N6O2/c1-4-15-17-16(14(10-21)18(22)28-20(17)26(5-2)25-15)12-6-8-13(9-7-12)19-24-23-11(3)27-19/h6-9,16H,4-5,22H2,1-3H3. The van der Waals surface area contributed by atoms with Crippen LogP contribution in [0, 0.1) is 18.3 Å². The normalized spacial score (nSPS) is 15.9. The van der Waals surface area contributed by atoms with Gasteiger partial charge in [0.15, 0.2) is 0 Å². The lowest BCUT2D eigenvalue weighted by molar-refractivity contribution is 0.350. The third-order valence-electron chi connectivity index (χ3n) is 4.84. The minimum absolute atomic E-state index is 0.119. The SMILES string of the molecule is CCc1nn(CC)c2c1C(c1ccc(-c3nnc(C)o3)cc1)C(C#N)=C(N)O2. The van der Waals surface area contributed by atoms with Crippen molar-refractivity contribution in [3.8, 4) is 23.4 Å². The predicted molar refractivity (Wildman–Crippen MR) is 101 cm³/mol. The quantitative estimate of drug-likeness (QED) is 0.744. The van der Waals surface area contributed by atoms with Gasteiger partial charge in [-0.1, -0.05) is 19.1 Å². The molecule has 8 nitrogen and oxygen atoms in total. The average Bonchev–Trinajstić information content (AvgIpc) is 3.30. The van der Waals surface area contributed by atoms with E-state index in [9.17, 15) is 5.26 Å². The first-order valence-electron chi connectivity index (χ1n) is 9.14. The molecule has 28 heavy (non-hydrogen) atoms. The molecule has 1 unspecified atom stereocenters. The highest BCUT2D eigenvalue weighted by Crippen LogP contribution is 2.44. The molecule has 3 aromatic rings. The number of nitriles is 1. The number of allylic oxidation sites excluding steroid dienone is 1. The van der Waals surface area contributed by atoms with Gasteiger partial charge >= 0.3 is 0 Å². The van der Waals surface area contributed by atoms with E-state index < -0.39 is 0 Å². The van der Waals surface area contributed by atoms with Gasteiger partial charge in [-0.25, -0.2) is 4.68 Å². The Hall–Kier alpha value is -3.60. The van der Waals surface area contributed by atoms with Crippen molar-refractivity contribution in [1.29, 1.82) is 5.26 Å². The zero-order valence-corrected chi connectivity index (χ0v) is 15.9. The van der Waals surface area contributed by atoms with E-state index in [2.05, 4.69) is 21.4 Å². The monoisotopic (exact) mass is 376 g/mol. The summed E-state index contributed by atoms with van der Waals surface area (Å²) in [5, 5.41) is 22.3. The van der Waals surface area contributed by atoms with E-state index in [0.717, 1.165) is 28.8 Å². The van der Waals surface area contributed by atoms with Gasteiger partial charge in [0.05, 0.1) is 17.2 Å². The lowest BCUT2D eigenvalue weighted by Gasteiger charge is -2.25. The maximum Gasteiger partial charge on any atom is 0.247 e. The van der Waals surface area contributed by atoms with E-state index >= 15 is 0 Å². The summed E-state index contributed by atoms with van der Waals surface area (Å²) in [6.07, 6.45) is 0.729. The Kier molecular flexibility index (Phi) is 4.35. The van der Waals surface area contributed by atoms with Gasteiger partial charge in [0.1, 0.15) is 11.6 Å². The topological polar surface area (TPSA) is 116 Å². The van der Waals surface area contributed by atoms with Gasteiger partial charge in [0.2, 0.25) is 23.5 Å². The summed E-state index contributed by atoms with van der Waals surface area (Å²) in [5.74, 6) is 1.37. The summed E-state index contributed by atoms with van der Waals surface area (Å²) in [7, 11) is 0. The Morgan fingerprint density at radius 1 is 1.21 bits per heavy atom. The van der Waals surface area contributed by atoms with Crippen molar-refractivity contribution in [2.75, 3.05) is 0 Å². The highest BCUT2D eigenvalue weighted by Gasteiger charge is 2.36. The number of benzene rings is 1. The average molecular weight is 376 g/mol. The highest BCUT2D eigenvalue weighted by molar-refractivity contribution is 5.59. The molecule has 142 valence electrons. The first-order valence-corrected chi connectivity index (χ1v) is 9.14. The van der Waals surface area contributed by atoms with Crippen LogP contribution in [0.2, 0.25) is 0 Å². The van der Waals surface area contributed by atoms with E-state index in [1.165, 1.54) is 0 Å². The fourth-order valence-corrected chi connectivity index (χ4v) is 3.51. The predicted octanol–water partition coefficient (Wildman–Crippen LogP) is 3.04. The van der Waals surface area contributed by atoms with Crippen molar-refractivity contribution in [1.82, 2.24) is 20.0 Å². The Balaban J connectivity index is 1.84. The largest absolute Gasteiger partial charge is 0.422 e. The van der Waals surface area contributed by atoms with Crippen LogP contribution in [-0.2, 0) is 13.0 Å². The molecule has 0 amide bonds. The molecule has 2 aromatic heterocycles. The lowest BCUT2D eigenvalue weighted by Crippen LogP contribution is -2.22. The third kappa shape index (κ3) is 2.72. The second-order valence-electron chi connectivity index (χ2n) is 6.51. The van der Waals surface area contributed by atoms with E-state index in [4.69, 9.17) is 14.9 Å². The van der Waals surface area contributed by atoms with E-state index in [0.29, 0.717) is 29.8 Å². The van der Waals surface area contributed by atoms with Crippen molar-refractivity contribution >= 4 is 0 Å². The van der Waals surface area contributed by atoms with E-state index in [-0.39, 0.29) is 11.8 Å². The van der Waals surface area contributed by atoms with Crippen LogP contribution in [0.25, 0.3) is 11.5 Å². The first kappa shape index (κ1) is 17.8. The van der Waals surface area contributed by atoms with Crippen molar-refractivity contribution in [2.45, 2.75) is 39.7 Å². The summed E-state index contributed by atoms with van der Waals surface area (Å²) in [4.78, 5) is 0. The first-order chi connectivity index (χ1) is 13.6. The molecule has 0 radical (unpaired) electrons. The minimum atomic E-state index is -0.331. The summed E-state index contributed by atoms with van der Waals surface area (Å²) in [6.45, 7) is 6.43. The number of nitrogens with two attached hydrogens (primary N) is 1. The van der Waals surface area contributed by atoms with Crippen LogP contribution in [-0.4, -0.2) is 20.0 Å². The maximum atomic E-state index is 9.75. The molecular weight excluding hydrogens is 356 g/mol. The van der Waals surface area contributed by atoms with Crippen LogP contribution in [0.1, 0.15) is 42.5 Å². The van der Waals surface area contributed by atoms with Crippen LogP contribution in [0.5, 0.6) is 5.88 Å². The Bertz CT molecular complexity index is 1100. The Morgan fingerprint density at radius 3 is 2.54 bits per heavy atom. The molecule has 8 heteroatoms. The Labute approximate surface area is 162 Å². The molecule has 3 heterocycles. The zero-order valence-electron chi connectivity index (χ0n) is 15.9. The van der Waals surface area contributed by atoms with Gasteiger partial charge in [-0.2, -0.15) is 10.4 Å². The number of aryl methyl sites for hydroxylation is 3. The fraction of sp³-hybridized carbons (Fsp3) is 0.300. The number of aromatic nitrogens is 4. The summed E-state index contributed by atoms with van der Waals surface area (Å²) >= 11 is 0. The molecule has 1 aliphatic heterocycles. The zero-order chi connectivity index (χ0) is 19.8. The van der Waals surface area contributed by atoms with Crippen LogP contribution < -0.4 is 10.5 Å². The third-order valence-corrected chi connectivity index (χ3v) is 4.84. The van der Waals surface area contributed by atoms with Gasteiger partial charge in [0.25, 0.3) is 0 Å². The van der Waals surface area contributed by atoms with Crippen molar-refractivity contribution in [2.24, 2.45) is 5.73 Å². The van der Waals surface area contributed by atoms with Crippen LogP contribution in [0.3, 0.4) is 0 Å². The number of fused-ring (bicyclic) bond motifs is 1. The van der Waals surface area contributed by atoms with E-state index in [1.807, 2.05) is 38.1 Å². The van der Waals surface area contributed by atoms with Gasteiger partial charge in [-0.15, -0.1) is 10.2 Å². The molecule has 0 saturated heterocycles. The number of hydrogen-bond donors (Lipinski definition) is 1. The van der Waals surface area contributed by atoms with Crippen LogP contribution in [0.15, 0.2) is 40.1 Å². The summed E-state index contributed by atoms with van der Waals surface area (Å²) in [5.41, 5.74) is 10.0. The molecule has 0 fully saturated rings. The fourth-order valence-electron chi connectivity index (χ4n) is 3.51. The number of nitrogens with zero attached hydrogens (tertiary/aromatic N) is 5. The molecule has 0 saturated carbocycles.